The van der Waals surface area contributed by atoms with Crippen LogP contribution in [0.4, 0.5) is 0 Å². The molecule has 0 spiro atoms. The Kier molecular flexibility index (Phi) is 5.09. The molecule has 4 nitrogen and oxygen atoms in total. The molecule has 0 saturated heterocycles. The minimum absolute atomic E-state index is 0.388. The van der Waals surface area contributed by atoms with E-state index in [0.29, 0.717) is 28.1 Å². The molecule has 1 aromatic carbocycles. The van der Waals surface area contributed by atoms with Crippen molar-refractivity contribution in [3.05, 3.63) is 57.4 Å². The van der Waals surface area contributed by atoms with Crippen molar-refractivity contribution in [1.82, 2.24) is 0 Å². The largest absolute Gasteiger partial charge is 0.423 e. The lowest BCUT2D eigenvalue weighted by Crippen LogP contribution is -2.08. The van der Waals surface area contributed by atoms with Crippen LogP contribution in [0, 0.1) is 6.92 Å². The van der Waals surface area contributed by atoms with Gasteiger partial charge in [-0.2, -0.15) is 0 Å². The summed E-state index contributed by atoms with van der Waals surface area (Å²) in [5, 5.41) is 1.90. The van der Waals surface area contributed by atoms with E-state index in [9.17, 15) is 4.79 Å². The van der Waals surface area contributed by atoms with Gasteiger partial charge in [-0.1, -0.05) is 29.4 Å². The molecule has 2 N–H and O–H groups in total. The summed E-state index contributed by atoms with van der Waals surface area (Å²) in [6, 6.07) is 5.03. The average molecular weight is 323 g/mol. The highest BCUT2D eigenvalue weighted by atomic mass is 35.5. The molecule has 0 atom stereocenters. The van der Waals surface area contributed by atoms with Crippen LogP contribution in [0.1, 0.15) is 11.1 Å². The predicted molar refractivity (Wildman–Crippen MR) is 90.2 cm³/mol. The maximum atomic E-state index is 11.6. The fraction of sp³-hybridized carbons (Fsp3) is 0.200. The van der Waals surface area contributed by atoms with Crippen LogP contribution in [0.2, 0.25) is 5.02 Å². The van der Waals surface area contributed by atoms with Gasteiger partial charge in [0.05, 0.1) is 6.54 Å². The first-order chi connectivity index (χ1) is 10.0. The second-order valence-electron chi connectivity index (χ2n) is 4.44. The van der Waals surface area contributed by atoms with Crippen LogP contribution in [-0.4, -0.2) is 11.7 Å². The minimum Gasteiger partial charge on any atom is -0.423 e. The van der Waals surface area contributed by atoms with E-state index in [0.717, 1.165) is 16.5 Å². The van der Waals surface area contributed by atoms with E-state index >= 15 is 0 Å². The zero-order valence-corrected chi connectivity index (χ0v) is 13.1. The van der Waals surface area contributed by atoms with Crippen molar-refractivity contribution < 1.29 is 4.42 Å². The molecule has 1 aromatic heterocycles. The van der Waals surface area contributed by atoms with Crippen LogP contribution in [0.3, 0.4) is 0 Å². The summed E-state index contributed by atoms with van der Waals surface area (Å²) in [5.74, 6) is 0.522. The summed E-state index contributed by atoms with van der Waals surface area (Å²) in [6.45, 7) is 5.92. The smallest absolute Gasteiger partial charge is 0.336 e. The number of amidine groups is 1. The summed E-state index contributed by atoms with van der Waals surface area (Å²) in [7, 11) is 0. The lowest BCUT2D eigenvalue weighted by molar-refractivity contribution is 0.559. The Hall–Kier alpha value is -1.72. The van der Waals surface area contributed by atoms with Crippen molar-refractivity contribution in [1.29, 1.82) is 0 Å². The Labute approximate surface area is 131 Å². The Morgan fingerprint density at radius 2 is 2.29 bits per heavy atom. The van der Waals surface area contributed by atoms with Gasteiger partial charge in [-0.25, -0.2) is 4.79 Å². The van der Waals surface area contributed by atoms with E-state index in [-0.39, 0.29) is 5.63 Å². The fourth-order valence-corrected chi connectivity index (χ4v) is 2.69. The van der Waals surface area contributed by atoms with Crippen molar-refractivity contribution >= 4 is 39.5 Å². The molecule has 0 aliphatic carbocycles. The first-order valence-corrected chi connectivity index (χ1v) is 7.64. The lowest BCUT2D eigenvalue weighted by Gasteiger charge is -2.07. The third kappa shape index (κ3) is 3.89. The highest BCUT2D eigenvalue weighted by molar-refractivity contribution is 8.13. The monoisotopic (exact) mass is 322 g/mol. The van der Waals surface area contributed by atoms with Crippen molar-refractivity contribution in [3.8, 4) is 0 Å². The number of aryl methyl sites for hydroxylation is 1. The number of hydrogen-bond acceptors (Lipinski definition) is 4. The van der Waals surface area contributed by atoms with E-state index in [1.807, 2.05) is 13.0 Å². The van der Waals surface area contributed by atoms with Gasteiger partial charge in [0.1, 0.15) is 5.58 Å². The van der Waals surface area contributed by atoms with Gasteiger partial charge >= 0.3 is 5.63 Å². The van der Waals surface area contributed by atoms with Gasteiger partial charge in [-0.15, -0.1) is 6.58 Å². The molecular formula is C15H15ClN2O2S. The molecule has 0 saturated carbocycles. The minimum atomic E-state index is -0.388. The van der Waals surface area contributed by atoms with Crippen molar-refractivity contribution in [2.24, 2.45) is 10.7 Å². The predicted octanol–water partition coefficient (Wildman–Crippen LogP) is 3.49. The van der Waals surface area contributed by atoms with E-state index in [1.54, 1.807) is 12.1 Å². The Balaban J connectivity index is 2.37. The SMILES string of the molecule is C=CCN=C(N)SCc1cc(=O)oc2cc(C)c(Cl)cc12. The van der Waals surface area contributed by atoms with Crippen LogP contribution in [-0.2, 0) is 5.75 Å². The van der Waals surface area contributed by atoms with Crippen LogP contribution in [0.5, 0.6) is 0 Å². The number of rotatable bonds is 4. The molecule has 0 fully saturated rings. The highest BCUT2D eigenvalue weighted by Gasteiger charge is 2.09. The number of benzene rings is 1. The van der Waals surface area contributed by atoms with Crippen LogP contribution in [0.15, 0.2) is 45.1 Å². The van der Waals surface area contributed by atoms with Crippen molar-refractivity contribution in [2.75, 3.05) is 6.54 Å². The molecule has 0 radical (unpaired) electrons. The topological polar surface area (TPSA) is 68.6 Å². The zero-order valence-electron chi connectivity index (χ0n) is 11.6. The Morgan fingerprint density at radius 1 is 1.52 bits per heavy atom. The fourth-order valence-electron chi connectivity index (χ4n) is 1.82. The maximum Gasteiger partial charge on any atom is 0.336 e. The molecule has 6 heteroatoms. The quantitative estimate of drug-likeness (QED) is 0.405. The van der Waals surface area contributed by atoms with Crippen molar-refractivity contribution in [2.45, 2.75) is 12.7 Å². The van der Waals surface area contributed by atoms with Gasteiger partial charge in [0.2, 0.25) is 0 Å². The number of halogens is 1. The zero-order chi connectivity index (χ0) is 15.4. The Morgan fingerprint density at radius 3 is 3.00 bits per heavy atom. The van der Waals surface area contributed by atoms with E-state index in [4.69, 9.17) is 21.8 Å². The third-order valence-corrected chi connectivity index (χ3v) is 4.15. The normalized spacial score (nSPS) is 11.8. The number of nitrogens with two attached hydrogens (primary N) is 1. The highest BCUT2D eigenvalue weighted by Crippen LogP contribution is 2.27. The number of aliphatic imine (C=N–C) groups is 1. The molecule has 1 heterocycles. The second kappa shape index (κ2) is 6.83. The summed E-state index contributed by atoms with van der Waals surface area (Å²) in [5.41, 5.74) is 7.61. The molecular weight excluding hydrogens is 308 g/mol. The molecule has 110 valence electrons. The van der Waals surface area contributed by atoms with Gasteiger partial charge in [0, 0.05) is 22.2 Å². The number of nitrogens with zero attached hydrogens (tertiary/aromatic N) is 1. The van der Waals surface area contributed by atoms with Crippen LogP contribution >= 0.6 is 23.4 Å². The van der Waals surface area contributed by atoms with Gasteiger partial charge in [0.25, 0.3) is 0 Å². The molecule has 0 bridgehead atoms. The molecule has 2 aromatic rings. The summed E-state index contributed by atoms with van der Waals surface area (Å²) >= 11 is 7.50. The number of fused-ring (bicyclic) bond motifs is 1. The summed E-state index contributed by atoms with van der Waals surface area (Å²) in [4.78, 5) is 15.7. The number of hydrogen-bond donors (Lipinski definition) is 1. The van der Waals surface area contributed by atoms with Gasteiger partial charge < -0.3 is 10.2 Å². The standard InChI is InChI=1S/C15H15ClN2O2S/c1-3-4-18-15(17)21-8-10-6-14(19)20-13-5-9(2)12(16)7-11(10)13/h3,5-7H,1,4,8H2,2H3,(H2,17,18). The molecule has 0 unspecified atom stereocenters. The molecule has 0 aliphatic rings. The Bertz CT molecular complexity index is 768. The first-order valence-electron chi connectivity index (χ1n) is 6.27. The van der Waals surface area contributed by atoms with Gasteiger partial charge in [-0.05, 0) is 30.2 Å². The van der Waals surface area contributed by atoms with Crippen molar-refractivity contribution in [3.63, 3.8) is 0 Å². The molecule has 21 heavy (non-hydrogen) atoms. The van der Waals surface area contributed by atoms with Crippen LogP contribution < -0.4 is 11.4 Å². The summed E-state index contributed by atoms with van der Waals surface area (Å²) < 4.78 is 5.21. The average Bonchev–Trinajstić information content (AvgIpc) is 2.44. The second-order valence-corrected chi connectivity index (χ2v) is 5.85. The molecule has 0 aliphatic heterocycles. The van der Waals surface area contributed by atoms with Gasteiger partial charge in [0.15, 0.2) is 5.17 Å². The van der Waals surface area contributed by atoms with Gasteiger partial charge in [-0.3, -0.25) is 4.99 Å². The summed E-state index contributed by atoms with van der Waals surface area (Å²) in [6.07, 6.45) is 1.67. The van der Waals surface area contributed by atoms with E-state index in [2.05, 4.69) is 11.6 Å². The number of thioether (sulfide) groups is 1. The van der Waals surface area contributed by atoms with Crippen LogP contribution in [0.25, 0.3) is 11.0 Å². The maximum absolute atomic E-state index is 11.6. The lowest BCUT2D eigenvalue weighted by atomic mass is 10.1. The molecule has 2 rings (SSSR count). The first kappa shape index (κ1) is 15.7. The third-order valence-electron chi connectivity index (χ3n) is 2.86. The molecule has 0 amide bonds. The van der Waals surface area contributed by atoms with E-state index < -0.39 is 0 Å². The van der Waals surface area contributed by atoms with E-state index in [1.165, 1.54) is 17.8 Å².